The minimum atomic E-state index is 0.553. The van der Waals surface area contributed by atoms with Crippen molar-refractivity contribution >= 4 is 17.1 Å². The van der Waals surface area contributed by atoms with E-state index in [-0.39, 0.29) is 0 Å². The van der Waals surface area contributed by atoms with Crippen LogP contribution < -0.4 is 5.73 Å². The average molecular weight is 232 g/mol. The molecule has 2 rings (SSSR count). The van der Waals surface area contributed by atoms with Gasteiger partial charge in [-0.2, -0.15) is 0 Å². The van der Waals surface area contributed by atoms with Crippen molar-refractivity contribution in [3.8, 4) is 0 Å². The number of aryl methyl sites for hydroxylation is 1. The zero-order chi connectivity index (χ0) is 12.6. The van der Waals surface area contributed by atoms with Gasteiger partial charge in [0.15, 0.2) is 5.65 Å². The molecule has 0 radical (unpaired) electrons. The fourth-order valence-electron chi connectivity index (χ4n) is 1.83. The van der Waals surface area contributed by atoms with Gasteiger partial charge in [-0.25, -0.2) is 9.97 Å². The highest BCUT2D eigenvalue weighted by atomic mass is 15.2. The molecular weight excluding hydrogens is 212 g/mol. The Kier molecular flexibility index (Phi) is 3.05. The predicted molar refractivity (Wildman–Crippen MR) is 70.7 cm³/mol. The van der Waals surface area contributed by atoms with Crippen molar-refractivity contribution in [2.45, 2.75) is 34.2 Å². The lowest BCUT2D eigenvalue weighted by Gasteiger charge is -2.16. The molecule has 0 aliphatic rings. The number of pyridine rings is 1. The maximum Gasteiger partial charge on any atom is 0.202 e. The highest BCUT2D eigenvalue weighted by molar-refractivity contribution is 5.77. The third kappa shape index (κ3) is 2.12. The molecule has 0 saturated heterocycles. The fraction of sp³-hybridized carbons (Fsp3) is 0.538. The summed E-state index contributed by atoms with van der Waals surface area (Å²) in [5, 5.41) is 0. The van der Waals surface area contributed by atoms with Gasteiger partial charge in [-0.3, -0.25) is 4.57 Å². The standard InChI is InChI=1S/C13H20N4/c1-8(2)10(4)7-17-12-11(16-13(17)14)9(3)5-6-15-12/h5-6,8,10H,7H2,1-4H3,(H2,14,16). The third-order valence-corrected chi connectivity index (χ3v) is 3.47. The first kappa shape index (κ1) is 11.9. The Hall–Kier alpha value is -1.58. The summed E-state index contributed by atoms with van der Waals surface area (Å²) in [5.74, 6) is 1.74. The molecule has 0 aliphatic heterocycles. The van der Waals surface area contributed by atoms with E-state index >= 15 is 0 Å². The smallest absolute Gasteiger partial charge is 0.202 e. The van der Waals surface area contributed by atoms with E-state index in [9.17, 15) is 0 Å². The van der Waals surface area contributed by atoms with Crippen LogP contribution in [0.5, 0.6) is 0 Å². The van der Waals surface area contributed by atoms with Gasteiger partial charge < -0.3 is 5.73 Å². The van der Waals surface area contributed by atoms with Gasteiger partial charge in [-0.1, -0.05) is 20.8 Å². The number of anilines is 1. The van der Waals surface area contributed by atoms with E-state index in [1.54, 1.807) is 0 Å². The fourth-order valence-corrected chi connectivity index (χ4v) is 1.83. The molecule has 0 aromatic carbocycles. The van der Waals surface area contributed by atoms with Gasteiger partial charge in [0.2, 0.25) is 5.95 Å². The second-order valence-electron chi connectivity index (χ2n) is 5.10. The van der Waals surface area contributed by atoms with Crippen molar-refractivity contribution in [3.05, 3.63) is 17.8 Å². The Morgan fingerprint density at radius 3 is 2.71 bits per heavy atom. The Balaban J connectivity index is 2.47. The molecule has 4 heteroatoms. The van der Waals surface area contributed by atoms with Gasteiger partial charge >= 0.3 is 0 Å². The summed E-state index contributed by atoms with van der Waals surface area (Å²) in [7, 11) is 0. The van der Waals surface area contributed by atoms with Crippen molar-refractivity contribution in [3.63, 3.8) is 0 Å². The number of hydrogen-bond acceptors (Lipinski definition) is 3. The maximum absolute atomic E-state index is 5.98. The molecule has 2 aromatic rings. The molecule has 0 bridgehead atoms. The minimum Gasteiger partial charge on any atom is -0.369 e. The van der Waals surface area contributed by atoms with Crippen LogP contribution in [0.3, 0.4) is 0 Å². The first-order chi connectivity index (χ1) is 8.00. The molecule has 1 unspecified atom stereocenters. The number of aromatic nitrogens is 3. The molecule has 0 saturated carbocycles. The molecule has 0 amide bonds. The van der Waals surface area contributed by atoms with Gasteiger partial charge in [0.05, 0.1) is 0 Å². The highest BCUT2D eigenvalue weighted by Crippen LogP contribution is 2.22. The van der Waals surface area contributed by atoms with Crippen LogP contribution in [0.1, 0.15) is 26.3 Å². The third-order valence-electron chi connectivity index (χ3n) is 3.47. The summed E-state index contributed by atoms with van der Waals surface area (Å²) in [6.07, 6.45) is 1.81. The van der Waals surface area contributed by atoms with Crippen LogP contribution in [0.15, 0.2) is 12.3 Å². The molecule has 2 heterocycles. The maximum atomic E-state index is 5.98. The number of rotatable bonds is 3. The molecule has 2 N–H and O–H groups in total. The van der Waals surface area contributed by atoms with Crippen molar-refractivity contribution in [2.75, 3.05) is 5.73 Å². The molecular formula is C13H20N4. The van der Waals surface area contributed by atoms with E-state index in [1.807, 2.05) is 23.8 Å². The number of fused-ring (bicyclic) bond motifs is 1. The minimum absolute atomic E-state index is 0.553. The number of nitrogens with zero attached hydrogens (tertiary/aromatic N) is 3. The van der Waals surface area contributed by atoms with Crippen LogP contribution in [0.4, 0.5) is 5.95 Å². The largest absolute Gasteiger partial charge is 0.369 e. The van der Waals surface area contributed by atoms with Gasteiger partial charge in [0.25, 0.3) is 0 Å². The lowest BCUT2D eigenvalue weighted by molar-refractivity contribution is 0.370. The van der Waals surface area contributed by atoms with Crippen molar-refractivity contribution in [1.82, 2.24) is 14.5 Å². The second kappa shape index (κ2) is 4.35. The van der Waals surface area contributed by atoms with Gasteiger partial charge in [0.1, 0.15) is 5.52 Å². The van der Waals surface area contributed by atoms with Gasteiger partial charge in [0, 0.05) is 12.7 Å². The first-order valence-electron chi connectivity index (χ1n) is 6.08. The molecule has 92 valence electrons. The van der Waals surface area contributed by atoms with E-state index in [0.29, 0.717) is 17.8 Å². The topological polar surface area (TPSA) is 56.7 Å². The Morgan fingerprint density at radius 2 is 2.06 bits per heavy atom. The van der Waals surface area contributed by atoms with Crippen LogP contribution in [0.25, 0.3) is 11.2 Å². The lowest BCUT2D eigenvalue weighted by Crippen LogP contribution is -2.15. The van der Waals surface area contributed by atoms with E-state index < -0.39 is 0 Å². The SMILES string of the molecule is Cc1ccnc2c1nc(N)n2CC(C)C(C)C. The van der Waals surface area contributed by atoms with E-state index in [1.165, 1.54) is 0 Å². The molecule has 0 fully saturated rings. The van der Waals surface area contributed by atoms with Crippen molar-refractivity contribution < 1.29 is 0 Å². The summed E-state index contributed by atoms with van der Waals surface area (Å²) in [6.45, 7) is 9.58. The molecule has 2 aromatic heterocycles. The van der Waals surface area contributed by atoms with Gasteiger partial charge in [-0.05, 0) is 30.4 Å². The Bertz CT molecular complexity index is 527. The number of nitrogen functional groups attached to an aromatic ring is 1. The number of hydrogen-bond donors (Lipinski definition) is 1. The Labute approximate surface area is 102 Å². The summed E-state index contributed by atoms with van der Waals surface area (Å²) in [4.78, 5) is 8.80. The van der Waals surface area contributed by atoms with Crippen LogP contribution in [0.2, 0.25) is 0 Å². The molecule has 0 spiro atoms. The van der Waals surface area contributed by atoms with Crippen LogP contribution in [0, 0.1) is 18.8 Å². The van der Waals surface area contributed by atoms with E-state index in [0.717, 1.165) is 23.3 Å². The van der Waals surface area contributed by atoms with E-state index in [2.05, 4.69) is 30.7 Å². The molecule has 4 nitrogen and oxygen atoms in total. The van der Waals surface area contributed by atoms with Gasteiger partial charge in [-0.15, -0.1) is 0 Å². The number of imidazole rings is 1. The van der Waals surface area contributed by atoms with Crippen LogP contribution >= 0.6 is 0 Å². The summed E-state index contributed by atoms with van der Waals surface area (Å²) >= 11 is 0. The quantitative estimate of drug-likeness (QED) is 0.885. The van der Waals surface area contributed by atoms with Crippen molar-refractivity contribution in [2.24, 2.45) is 11.8 Å². The average Bonchev–Trinajstić information content (AvgIpc) is 2.58. The zero-order valence-electron chi connectivity index (χ0n) is 10.9. The highest BCUT2D eigenvalue weighted by Gasteiger charge is 2.15. The van der Waals surface area contributed by atoms with E-state index in [4.69, 9.17) is 5.73 Å². The first-order valence-corrected chi connectivity index (χ1v) is 6.08. The number of nitrogens with two attached hydrogens (primary N) is 1. The molecule has 0 aliphatic carbocycles. The monoisotopic (exact) mass is 232 g/mol. The van der Waals surface area contributed by atoms with Crippen molar-refractivity contribution in [1.29, 1.82) is 0 Å². The summed E-state index contributed by atoms with van der Waals surface area (Å²) < 4.78 is 2.02. The zero-order valence-corrected chi connectivity index (χ0v) is 10.9. The summed E-state index contributed by atoms with van der Waals surface area (Å²) in [5.41, 5.74) is 8.92. The normalized spacial score (nSPS) is 13.5. The second-order valence-corrected chi connectivity index (χ2v) is 5.10. The molecule has 1 atom stereocenters. The van der Waals surface area contributed by atoms with Crippen LogP contribution in [-0.4, -0.2) is 14.5 Å². The lowest BCUT2D eigenvalue weighted by atomic mass is 9.98. The van der Waals surface area contributed by atoms with Crippen LogP contribution in [-0.2, 0) is 6.54 Å². The Morgan fingerprint density at radius 1 is 1.35 bits per heavy atom. The molecule has 17 heavy (non-hydrogen) atoms. The summed E-state index contributed by atoms with van der Waals surface area (Å²) in [6, 6.07) is 1.96. The predicted octanol–water partition coefficient (Wildman–Crippen LogP) is 2.61.